The quantitative estimate of drug-likeness (QED) is 0.839. The van der Waals surface area contributed by atoms with E-state index in [2.05, 4.69) is 16.3 Å². The Bertz CT molecular complexity index is 709. The smallest absolute Gasteiger partial charge is 0.321 e. The average molecular weight is 389 g/mol. The third-order valence-corrected chi connectivity index (χ3v) is 5.72. The number of likely N-dealkylation sites (tertiary alicyclic amines) is 1. The summed E-state index contributed by atoms with van der Waals surface area (Å²) < 4.78 is 5.10. The number of methoxy groups -OCH3 is 1. The van der Waals surface area contributed by atoms with E-state index in [-0.39, 0.29) is 18.0 Å². The van der Waals surface area contributed by atoms with Gasteiger partial charge in [0.1, 0.15) is 0 Å². The van der Waals surface area contributed by atoms with E-state index in [1.54, 1.807) is 7.11 Å². The molecule has 2 aliphatic heterocycles. The van der Waals surface area contributed by atoms with E-state index in [4.69, 9.17) is 4.74 Å². The van der Waals surface area contributed by atoms with Crippen molar-refractivity contribution in [2.24, 2.45) is 0 Å². The van der Waals surface area contributed by atoms with E-state index in [1.807, 2.05) is 35.8 Å². The SMILES string of the molecule is COCCN1CC[C@@H](N2CCCN(C(=O)Nc3ccc(C)cc3C)CC2)C1=O. The number of aryl methyl sites for hydroxylation is 2. The highest BCUT2D eigenvalue weighted by molar-refractivity contribution is 5.90. The molecular formula is C21H32N4O3. The molecule has 2 aliphatic rings. The molecule has 0 bridgehead atoms. The number of carbonyl (C=O) groups excluding carboxylic acids is 2. The number of hydrogen-bond donors (Lipinski definition) is 1. The van der Waals surface area contributed by atoms with Crippen molar-refractivity contribution in [1.82, 2.24) is 14.7 Å². The Balaban J connectivity index is 1.54. The minimum Gasteiger partial charge on any atom is -0.383 e. The van der Waals surface area contributed by atoms with Crippen molar-refractivity contribution >= 4 is 17.6 Å². The maximum atomic E-state index is 12.7. The molecule has 2 heterocycles. The summed E-state index contributed by atoms with van der Waals surface area (Å²) in [4.78, 5) is 31.4. The number of rotatable bonds is 5. The van der Waals surface area contributed by atoms with Gasteiger partial charge in [-0.2, -0.15) is 0 Å². The molecule has 0 radical (unpaired) electrons. The number of nitrogens with zero attached hydrogens (tertiary/aromatic N) is 3. The molecule has 1 aromatic rings. The molecule has 2 saturated heterocycles. The third kappa shape index (κ3) is 4.83. The van der Waals surface area contributed by atoms with Crippen molar-refractivity contribution in [2.75, 3.05) is 58.3 Å². The zero-order valence-corrected chi connectivity index (χ0v) is 17.2. The molecule has 154 valence electrons. The van der Waals surface area contributed by atoms with Crippen LogP contribution in [0.4, 0.5) is 10.5 Å². The second-order valence-corrected chi connectivity index (χ2v) is 7.75. The summed E-state index contributed by atoms with van der Waals surface area (Å²) >= 11 is 0. The van der Waals surface area contributed by atoms with E-state index >= 15 is 0 Å². The van der Waals surface area contributed by atoms with Gasteiger partial charge in [-0.3, -0.25) is 9.69 Å². The predicted octanol–water partition coefficient (Wildman–Crippen LogP) is 2.09. The van der Waals surface area contributed by atoms with Crippen LogP contribution in [-0.4, -0.2) is 85.7 Å². The molecule has 0 saturated carbocycles. The molecule has 7 heteroatoms. The summed E-state index contributed by atoms with van der Waals surface area (Å²) in [6, 6.07) is 5.92. The summed E-state index contributed by atoms with van der Waals surface area (Å²) in [6.45, 7) is 9.00. The van der Waals surface area contributed by atoms with Crippen molar-refractivity contribution in [3.05, 3.63) is 29.3 Å². The maximum absolute atomic E-state index is 12.7. The molecule has 3 rings (SSSR count). The number of carbonyl (C=O) groups is 2. The molecular weight excluding hydrogens is 356 g/mol. The van der Waals surface area contributed by atoms with Crippen LogP contribution in [0.15, 0.2) is 18.2 Å². The minimum atomic E-state index is -0.0618. The largest absolute Gasteiger partial charge is 0.383 e. The lowest BCUT2D eigenvalue weighted by Gasteiger charge is -2.26. The summed E-state index contributed by atoms with van der Waals surface area (Å²) in [5, 5.41) is 3.04. The van der Waals surface area contributed by atoms with Gasteiger partial charge in [0.25, 0.3) is 0 Å². The van der Waals surface area contributed by atoms with E-state index in [0.29, 0.717) is 26.2 Å². The van der Waals surface area contributed by atoms with Gasteiger partial charge in [0.05, 0.1) is 12.6 Å². The van der Waals surface area contributed by atoms with Gasteiger partial charge in [-0.25, -0.2) is 4.79 Å². The average Bonchev–Trinajstić information content (AvgIpc) is 2.88. The van der Waals surface area contributed by atoms with Crippen LogP contribution in [0.1, 0.15) is 24.0 Å². The van der Waals surface area contributed by atoms with Crippen LogP contribution >= 0.6 is 0 Å². The highest BCUT2D eigenvalue weighted by Gasteiger charge is 2.36. The molecule has 0 aliphatic carbocycles. The molecule has 1 aromatic carbocycles. The Labute approximate surface area is 167 Å². The molecule has 3 amide bonds. The highest BCUT2D eigenvalue weighted by atomic mass is 16.5. The lowest BCUT2D eigenvalue weighted by molar-refractivity contribution is -0.132. The van der Waals surface area contributed by atoms with E-state index in [9.17, 15) is 9.59 Å². The van der Waals surface area contributed by atoms with Gasteiger partial charge in [0, 0.05) is 52.1 Å². The zero-order valence-electron chi connectivity index (χ0n) is 17.2. The normalized spacial score (nSPS) is 21.1. The maximum Gasteiger partial charge on any atom is 0.321 e. The zero-order chi connectivity index (χ0) is 20.1. The number of hydrogen-bond acceptors (Lipinski definition) is 4. The monoisotopic (exact) mass is 388 g/mol. The fourth-order valence-electron chi connectivity index (χ4n) is 4.09. The van der Waals surface area contributed by atoms with Crippen LogP contribution in [-0.2, 0) is 9.53 Å². The van der Waals surface area contributed by atoms with Crippen LogP contribution in [0.2, 0.25) is 0 Å². The molecule has 2 fully saturated rings. The van der Waals surface area contributed by atoms with Crippen LogP contribution in [0.3, 0.4) is 0 Å². The third-order valence-electron chi connectivity index (χ3n) is 5.72. The van der Waals surface area contributed by atoms with E-state index in [1.165, 1.54) is 5.56 Å². The number of urea groups is 1. The number of nitrogens with one attached hydrogen (secondary N) is 1. The molecule has 0 unspecified atom stereocenters. The Morgan fingerprint density at radius 3 is 2.75 bits per heavy atom. The van der Waals surface area contributed by atoms with Crippen molar-refractivity contribution in [3.63, 3.8) is 0 Å². The first-order chi connectivity index (χ1) is 13.5. The van der Waals surface area contributed by atoms with Crippen molar-refractivity contribution in [2.45, 2.75) is 32.7 Å². The van der Waals surface area contributed by atoms with Gasteiger partial charge in [0.15, 0.2) is 0 Å². The molecule has 0 aromatic heterocycles. The summed E-state index contributed by atoms with van der Waals surface area (Å²) in [7, 11) is 1.66. The number of anilines is 1. The number of benzene rings is 1. The fourth-order valence-corrected chi connectivity index (χ4v) is 4.09. The second kappa shape index (κ2) is 9.39. The number of ether oxygens (including phenoxy) is 1. The number of amides is 3. The molecule has 0 spiro atoms. The first-order valence-electron chi connectivity index (χ1n) is 10.1. The Kier molecular flexibility index (Phi) is 6.91. The van der Waals surface area contributed by atoms with Crippen LogP contribution in [0.25, 0.3) is 0 Å². The molecule has 28 heavy (non-hydrogen) atoms. The fraction of sp³-hybridized carbons (Fsp3) is 0.619. The highest BCUT2D eigenvalue weighted by Crippen LogP contribution is 2.20. The molecule has 1 N–H and O–H groups in total. The Morgan fingerprint density at radius 2 is 2.00 bits per heavy atom. The van der Waals surface area contributed by atoms with Crippen molar-refractivity contribution in [1.29, 1.82) is 0 Å². The van der Waals surface area contributed by atoms with E-state index < -0.39 is 0 Å². The first-order valence-corrected chi connectivity index (χ1v) is 10.1. The summed E-state index contributed by atoms with van der Waals surface area (Å²) in [5.41, 5.74) is 3.11. The second-order valence-electron chi connectivity index (χ2n) is 7.75. The van der Waals surface area contributed by atoms with Gasteiger partial charge in [-0.05, 0) is 38.3 Å². The Hall–Kier alpha value is -2.12. The van der Waals surface area contributed by atoms with Crippen LogP contribution < -0.4 is 5.32 Å². The van der Waals surface area contributed by atoms with Gasteiger partial charge < -0.3 is 19.9 Å². The van der Waals surface area contributed by atoms with Gasteiger partial charge in [-0.15, -0.1) is 0 Å². The first kappa shape index (κ1) is 20.6. The van der Waals surface area contributed by atoms with Crippen LogP contribution in [0, 0.1) is 13.8 Å². The molecule has 1 atom stereocenters. The van der Waals surface area contributed by atoms with Crippen LogP contribution in [0.5, 0.6) is 0 Å². The minimum absolute atomic E-state index is 0.0563. The van der Waals surface area contributed by atoms with Crippen molar-refractivity contribution in [3.8, 4) is 0 Å². The summed E-state index contributed by atoms with van der Waals surface area (Å²) in [5.74, 6) is 0.199. The Morgan fingerprint density at radius 1 is 1.18 bits per heavy atom. The lowest BCUT2D eigenvalue weighted by atomic mass is 10.1. The summed E-state index contributed by atoms with van der Waals surface area (Å²) in [6.07, 6.45) is 1.74. The van der Waals surface area contributed by atoms with E-state index in [0.717, 1.165) is 43.7 Å². The molecule has 7 nitrogen and oxygen atoms in total. The van der Waals surface area contributed by atoms with Gasteiger partial charge >= 0.3 is 6.03 Å². The lowest BCUT2D eigenvalue weighted by Crippen LogP contribution is -2.44. The predicted molar refractivity (Wildman–Crippen MR) is 110 cm³/mol. The standard InChI is InChI=1S/C21H32N4O3/c1-16-5-6-18(17(2)15-16)22-21(27)25-9-4-8-23(11-12-25)19-7-10-24(20(19)26)13-14-28-3/h5-6,15,19H,4,7-14H2,1-3H3,(H,22,27)/t19-/m1/s1. The van der Waals surface area contributed by atoms with Gasteiger partial charge in [-0.1, -0.05) is 17.7 Å². The van der Waals surface area contributed by atoms with Gasteiger partial charge in [0.2, 0.25) is 5.91 Å². The topological polar surface area (TPSA) is 65.1 Å². The van der Waals surface area contributed by atoms with Crippen molar-refractivity contribution < 1.29 is 14.3 Å².